The molecule has 0 radical (unpaired) electrons. The summed E-state index contributed by atoms with van der Waals surface area (Å²) in [6, 6.07) is 4.33. The highest BCUT2D eigenvalue weighted by atomic mass is 32.2. The van der Waals surface area contributed by atoms with E-state index in [2.05, 4.69) is 29.4 Å². The number of aryl methyl sites for hydroxylation is 1. The fourth-order valence-corrected chi connectivity index (χ4v) is 2.82. The molecule has 0 fully saturated rings. The Labute approximate surface area is 103 Å². The molecule has 0 saturated carbocycles. The summed E-state index contributed by atoms with van der Waals surface area (Å²) in [4.78, 5) is 6.80. The Morgan fingerprint density at radius 1 is 1.50 bits per heavy atom. The molecule has 0 aliphatic rings. The van der Waals surface area contributed by atoms with Gasteiger partial charge in [0.25, 0.3) is 5.22 Å². The molecule has 0 amide bonds. The van der Waals surface area contributed by atoms with Crippen molar-refractivity contribution in [2.24, 2.45) is 0 Å². The molecule has 0 atom stereocenters. The number of thiophene rings is 1. The van der Waals surface area contributed by atoms with Gasteiger partial charge in [-0.2, -0.15) is 0 Å². The summed E-state index contributed by atoms with van der Waals surface area (Å²) in [5, 5.41) is 4.14. The second-order valence-electron chi connectivity index (χ2n) is 3.34. The SMILES string of the molecule is Cc1ccc(CNCCSc2ncco2)s1. The van der Waals surface area contributed by atoms with Crippen LogP contribution in [0.3, 0.4) is 0 Å². The van der Waals surface area contributed by atoms with Crippen LogP contribution in [0.2, 0.25) is 0 Å². The van der Waals surface area contributed by atoms with Crippen LogP contribution in [0.4, 0.5) is 0 Å². The van der Waals surface area contributed by atoms with Crippen LogP contribution < -0.4 is 5.32 Å². The Hall–Kier alpha value is -0.780. The fraction of sp³-hybridized carbons (Fsp3) is 0.364. The molecule has 2 heterocycles. The number of nitrogens with zero attached hydrogens (tertiary/aromatic N) is 1. The first kappa shape index (κ1) is 11.7. The summed E-state index contributed by atoms with van der Waals surface area (Å²) >= 11 is 3.47. The van der Waals surface area contributed by atoms with Gasteiger partial charge in [-0.05, 0) is 19.1 Å². The smallest absolute Gasteiger partial charge is 0.255 e. The van der Waals surface area contributed by atoms with Gasteiger partial charge in [0.1, 0.15) is 6.26 Å². The number of aromatic nitrogens is 1. The molecule has 1 N–H and O–H groups in total. The molecular formula is C11H14N2OS2. The molecule has 0 saturated heterocycles. The summed E-state index contributed by atoms with van der Waals surface area (Å²) in [6.07, 6.45) is 3.27. The molecule has 5 heteroatoms. The van der Waals surface area contributed by atoms with Crippen molar-refractivity contribution in [3.05, 3.63) is 34.3 Å². The van der Waals surface area contributed by atoms with Crippen LogP contribution in [0.25, 0.3) is 0 Å². The van der Waals surface area contributed by atoms with Crippen molar-refractivity contribution in [3.63, 3.8) is 0 Å². The number of hydrogen-bond donors (Lipinski definition) is 1. The molecule has 16 heavy (non-hydrogen) atoms. The molecule has 0 aromatic carbocycles. The average molecular weight is 254 g/mol. The third kappa shape index (κ3) is 3.66. The van der Waals surface area contributed by atoms with Crippen LogP contribution in [0.5, 0.6) is 0 Å². The largest absolute Gasteiger partial charge is 0.440 e. The summed E-state index contributed by atoms with van der Waals surface area (Å²) in [5.41, 5.74) is 0. The molecule has 0 bridgehead atoms. The van der Waals surface area contributed by atoms with Gasteiger partial charge in [-0.1, -0.05) is 11.8 Å². The van der Waals surface area contributed by atoms with E-state index in [4.69, 9.17) is 4.42 Å². The van der Waals surface area contributed by atoms with Crippen LogP contribution in [-0.2, 0) is 6.54 Å². The zero-order valence-electron chi connectivity index (χ0n) is 9.10. The zero-order chi connectivity index (χ0) is 11.2. The predicted octanol–water partition coefficient (Wildman–Crippen LogP) is 2.93. The lowest BCUT2D eigenvalue weighted by molar-refractivity contribution is 0.454. The molecule has 0 unspecified atom stereocenters. The molecular weight excluding hydrogens is 240 g/mol. The van der Waals surface area contributed by atoms with Gasteiger partial charge in [-0.25, -0.2) is 4.98 Å². The van der Waals surface area contributed by atoms with E-state index in [-0.39, 0.29) is 0 Å². The van der Waals surface area contributed by atoms with E-state index in [1.807, 2.05) is 11.3 Å². The standard InChI is InChI=1S/C11H14N2OS2/c1-9-2-3-10(16-9)8-12-5-7-15-11-13-4-6-14-11/h2-4,6,12H,5,7-8H2,1H3. The summed E-state index contributed by atoms with van der Waals surface area (Å²) in [6.45, 7) is 4.04. The van der Waals surface area contributed by atoms with Gasteiger partial charge in [0, 0.05) is 28.6 Å². The van der Waals surface area contributed by atoms with Crippen LogP contribution in [0.1, 0.15) is 9.75 Å². The lowest BCUT2D eigenvalue weighted by atomic mass is 10.4. The van der Waals surface area contributed by atoms with E-state index in [1.54, 1.807) is 24.2 Å². The number of hydrogen-bond acceptors (Lipinski definition) is 5. The van der Waals surface area contributed by atoms with E-state index in [1.165, 1.54) is 9.75 Å². The Balaban J connectivity index is 1.59. The molecule has 0 spiro atoms. The molecule has 0 aliphatic carbocycles. The number of nitrogens with one attached hydrogen (secondary N) is 1. The van der Waals surface area contributed by atoms with E-state index >= 15 is 0 Å². The minimum absolute atomic E-state index is 0.744. The molecule has 0 aliphatic heterocycles. The zero-order valence-corrected chi connectivity index (χ0v) is 10.7. The van der Waals surface area contributed by atoms with Crippen molar-refractivity contribution in [3.8, 4) is 0 Å². The minimum atomic E-state index is 0.744. The van der Waals surface area contributed by atoms with Gasteiger partial charge in [0.15, 0.2) is 0 Å². The van der Waals surface area contributed by atoms with Gasteiger partial charge in [0.05, 0.1) is 6.20 Å². The molecule has 3 nitrogen and oxygen atoms in total. The predicted molar refractivity (Wildman–Crippen MR) is 68.0 cm³/mol. The molecule has 2 aromatic heterocycles. The topological polar surface area (TPSA) is 38.1 Å². The number of thioether (sulfide) groups is 1. The maximum absolute atomic E-state index is 5.13. The highest BCUT2D eigenvalue weighted by Gasteiger charge is 1.98. The van der Waals surface area contributed by atoms with Crippen molar-refractivity contribution in [1.82, 2.24) is 10.3 Å². The van der Waals surface area contributed by atoms with Gasteiger partial charge < -0.3 is 9.73 Å². The first-order chi connectivity index (χ1) is 7.84. The van der Waals surface area contributed by atoms with Crippen LogP contribution in [0.15, 0.2) is 34.2 Å². The summed E-state index contributed by atoms with van der Waals surface area (Å²) in [7, 11) is 0. The lowest BCUT2D eigenvalue weighted by Gasteiger charge is -2.00. The maximum Gasteiger partial charge on any atom is 0.255 e. The number of rotatable bonds is 6. The highest BCUT2D eigenvalue weighted by molar-refractivity contribution is 7.99. The van der Waals surface area contributed by atoms with Crippen molar-refractivity contribution < 1.29 is 4.42 Å². The Morgan fingerprint density at radius 3 is 3.12 bits per heavy atom. The Bertz CT molecular complexity index is 411. The monoisotopic (exact) mass is 254 g/mol. The third-order valence-electron chi connectivity index (χ3n) is 2.01. The van der Waals surface area contributed by atoms with Crippen LogP contribution >= 0.6 is 23.1 Å². The van der Waals surface area contributed by atoms with E-state index in [9.17, 15) is 0 Å². The van der Waals surface area contributed by atoms with Crippen LogP contribution in [0, 0.1) is 6.92 Å². The normalized spacial score (nSPS) is 10.8. The van der Waals surface area contributed by atoms with Crippen LogP contribution in [-0.4, -0.2) is 17.3 Å². The van der Waals surface area contributed by atoms with E-state index in [0.717, 1.165) is 24.1 Å². The molecule has 86 valence electrons. The highest BCUT2D eigenvalue weighted by Crippen LogP contribution is 2.15. The van der Waals surface area contributed by atoms with Crippen molar-refractivity contribution >= 4 is 23.1 Å². The van der Waals surface area contributed by atoms with Crippen molar-refractivity contribution in [2.75, 3.05) is 12.3 Å². The molecule has 2 aromatic rings. The molecule has 2 rings (SSSR count). The first-order valence-corrected chi connectivity index (χ1v) is 6.93. The number of oxazole rings is 1. The quantitative estimate of drug-likeness (QED) is 0.635. The first-order valence-electron chi connectivity index (χ1n) is 5.13. The third-order valence-corrected chi connectivity index (χ3v) is 3.87. The van der Waals surface area contributed by atoms with Gasteiger partial charge in [-0.3, -0.25) is 0 Å². The van der Waals surface area contributed by atoms with Crippen molar-refractivity contribution in [2.45, 2.75) is 18.7 Å². The van der Waals surface area contributed by atoms with Gasteiger partial charge in [-0.15, -0.1) is 11.3 Å². The second kappa shape index (κ2) is 6.08. The Morgan fingerprint density at radius 2 is 2.44 bits per heavy atom. The van der Waals surface area contributed by atoms with E-state index in [0.29, 0.717) is 0 Å². The maximum atomic E-state index is 5.13. The van der Waals surface area contributed by atoms with Gasteiger partial charge in [0.2, 0.25) is 0 Å². The second-order valence-corrected chi connectivity index (χ2v) is 5.75. The van der Waals surface area contributed by atoms with Crippen molar-refractivity contribution in [1.29, 1.82) is 0 Å². The van der Waals surface area contributed by atoms with E-state index < -0.39 is 0 Å². The summed E-state index contributed by atoms with van der Waals surface area (Å²) < 4.78 is 5.13. The minimum Gasteiger partial charge on any atom is -0.440 e. The van der Waals surface area contributed by atoms with Gasteiger partial charge >= 0.3 is 0 Å². The Kier molecular flexibility index (Phi) is 4.44. The summed E-state index contributed by atoms with van der Waals surface area (Å²) in [5.74, 6) is 0.977. The average Bonchev–Trinajstić information content (AvgIpc) is 2.89. The lowest BCUT2D eigenvalue weighted by Crippen LogP contribution is -2.15. The fourth-order valence-electron chi connectivity index (χ4n) is 1.28.